The minimum atomic E-state index is 0.784. The molecule has 0 N–H and O–H groups in total. The Kier molecular flexibility index (Phi) is 3.39. The molecule has 0 saturated carbocycles. The van der Waals surface area contributed by atoms with Crippen molar-refractivity contribution in [3.63, 3.8) is 0 Å². The molecular formula is C31H17NO2. The maximum atomic E-state index is 6.70. The van der Waals surface area contributed by atoms with Crippen molar-refractivity contribution in [1.29, 1.82) is 0 Å². The predicted octanol–water partition coefficient (Wildman–Crippen LogP) is 8.85. The predicted molar refractivity (Wildman–Crippen MR) is 139 cm³/mol. The molecule has 3 aromatic heterocycles. The molecule has 34 heavy (non-hydrogen) atoms. The van der Waals surface area contributed by atoms with E-state index in [9.17, 15) is 0 Å². The molecule has 0 aliphatic rings. The van der Waals surface area contributed by atoms with Gasteiger partial charge in [0.15, 0.2) is 5.58 Å². The normalized spacial score (nSPS) is 12.1. The summed E-state index contributed by atoms with van der Waals surface area (Å²) in [5.41, 5.74) is 5.12. The SMILES string of the molecule is c1ccc2c(c1)oc1c(-c3cccc4c3oc3c5ccccc5c5ccccc5c43)nccc12. The van der Waals surface area contributed by atoms with Crippen molar-refractivity contribution < 1.29 is 8.83 Å². The summed E-state index contributed by atoms with van der Waals surface area (Å²) >= 11 is 0. The summed E-state index contributed by atoms with van der Waals surface area (Å²) < 4.78 is 13.0. The van der Waals surface area contributed by atoms with Crippen LogP contribution in [0.25, 0.3) is 76.7 Å². The number of furan rings is 2. The molecule has 0 spiro atoms. The van der Waals surface area contributed by atoms with Crippen LogP contribution in [0.1, 0.15) is 0 Å². The highest BCUT2D eigenvalue weighted by Gasteiger charge is 2.20. The van der Waals surface area contributed by atoms with Crippen LogP contribution in [0.2, 0.25) is 0 Å². The smallest absolute Gasteiger partial charge is 0.161 e. The fourth-order valence-corrected chi connectivity index (χ4v) is 5.46. The minimum Gasteiger partial charge on any atom is -0.455 e. The average molecular weight is 435 g/mol. The summed E-state index contributed by atoms with van der Waals surface area (Å²) in [6.45, 7) is 0. The highest BCUT2D eigenvalue weighted by molar-refractivity contribution is 6.31. The first-order valence-electron chi connectivity index (χ1n) is 11.4. The molecule has 0 atom stereocenters. The maximum Gasteiger partial charge on any atom is 0.161 e. The van der Waals surface area contributed by atoms with Gasteiger partial charge in [-0.3, -0.25) is 4.98 Å². The number of benzene rings is 5. The third kappa shape index (κ3) is 2.23. The lowest BCUT2D eigenvalue weighted by Crippen LogP contribution is -1.84. The summed E-state index contributed by atoms with van der Waals surface area (Å²) in [6.07, 6.45) is 1.85. The molecule has 5 aromatic carbocycles. The molecule has 0 aliphatic carbocycles. The lowest BCUT2D eigenvalue weighted by atomic mass is 9.96. The first-order valence-corrected chi connectivity index (χ1v) is 11.4. The zero-order valence-corrected chi connectivity index (χ0v) is 18.1. The molecule has 0 saturated heterocycles. The number of pyridine rings is 1. The standard InChI is InChI=1S/C31H17NO2/c1-3-11-21-18(8-1)19-9-2-4-12-22(19)30-27(21)24-13-7-14-25(29(24)34-30)28-31-23(16-17-32-28)20-10-5-6-15-26(20)33-31/h1-17H. The molecular weight excluding hydrogens is 418 g/mol. The quantitative estimate of drug-likeness (QED) is 0.242. The van der Waals surface area contributed by atoms with E-state index >= 15 is 0 Å². The topological polar surface area (TPSA) is 39.2 Å². The van der Waals surface area contributed by atoms with E-state index in [1.54, 1.807) is 0 Å². The van der Waals surface area contributed by atoms with Crippen molar-refractivity contribution in [2.45, 2.75) is 0 Å². The van der Waals surface area contributed by atoms with Crippen molar-refractivity contribution >= 4 is 65.4 Å². The van der Waals surface area contributed by atoms with Crippen LogP contribution < -0.4 is 0 Å². The Bertz CT molecular complexity index is 2080. The van der Waals surface area contributed by atoms with Crippen molar-refractivity contribution in [2.24, 2.45) is 0 Å². The molecule has 3 heteroatoms. The van der Waals surface area contributed by atoms with Crippen LogP contribution in [-0.4, -0.2) is 4.98 Å². The van der Waals surface area contributed by atoms with Crippen LogP contribution in [-0.2, 0) is 0 Å². The Morgan fingerprint density at radius 3 is 1.94 bits per heavy atom. The molecule has 8 aromatic rings. The molecule has 158 valence electrons. The highest BCUT2D eigenvalue weighted by atomic mass is 16.3. The number of hydrogen-bond donors (Lipinski definition) is 0. The van der Waals surface area contributed by atoms with Gasteiger partial charge in [0, 0.05) is 38.7 Å². The number of aromatic nitrogens is 1. The molecule has 0 fully saturated rings. The third-order valence-electron chi connectivity index (χ3n) is 6.92. The second kappa shape index (κ2) is 6.46. The Morgan fingerprint density at radius 2 is 1.09 bits per heavy atom. The van der Waals surface area contributed by atoms with Crippen LogP contribution in [0.15, 0.2) is 112 Å². The number of fused-ring (bicyclic) bond motifs is 11. The summed E-state index contributed by atoms with van der Waals surface area (Å²) in [6, 6.07) is 33.5. The molecule has 3 heterocycles. The van der Waals surface area contributed by atoms with Crippen LogP contribution in [0.5, 0.6) is 0 Å². The lowest BCUT2D eigenvalue weighted by Gasteiger charge is -2.05. The van der Waals surface area contributed by atoms with Gasteiger partial charge in [0.05, 0.1) is 0 Å². The third-order valence-corrected chi connectivity index (χ3v) is 6.92. The number of para-hydroxylation sites is 2. The van der Waals surface area contributed by atoms with E-state index < -0.39 is 0 Å². The maximum absolute atomic E-state index is 6.70. The van der Waals surface area contributed by atoms with E-state index in [0.717, 1.165) is 60.5 Å². The van der Waals surface area contributed by atoms with E-state index in [1.165, 1.54) is 16.2 Å². The van der Waals surface area contributed by atoms with Crippen LogP contribution >= 0.6 is 0 Å². The van der Waals surface area contributed by atoms with Gasteiger partial charge >= 0.3 is 0 Å². The van der Waals surface area contributed by atoms with Gasteiger partial charge in [-0.05, 0) is 34.4 Å². The number of hydrogen-bond acceptors (Lipinski definition) is 3. The molecule has 3 nitrogen and oxygen atoms in total. The largest absolute Gasteiger partial charge is 0.455 e. The second-order valence-corrected chi connectivity index (χ2v) is 8.71. The second-order valence-electron chi connectivity index (χ2n) is 8.71. The zero-order chi connectivity index (χ0) is 22.2. The van der Waals surface area contributed by atoms with Crippen molar-refractivity contribution in [3.8, 4) is 11.3 Å². The minimum absolute atomic E-state index is 0.784. The van der Waals surface area contributed by atoms with Gasteiger partial charge in [0.25, 0.3) is 0 Å². The Morgan fingerprint density at radius 1 is 0.441 bits per heavy atom. The molecule has 0 radical (unpaired) electrons. The van der Waals surface area contributed by atoms with Gasteiger partial charge in [0.1, 0.15) is 22.4 Å². The summed E-state index contributed by atoms with van der Waals surface area (Å²) in [5.74, 6) is 0. The van der Waals surface area contributed by atoms with E-state index in [0.29, 0.717) is 0 Å². The van der Waals surface area contributed by atoms with Gasteiger partial charge in [-0.25, -0.2) is 0 Å². The Labute approximate surface area is 193 Å². The van der Waals surface area contributed by atoms with Crippen molar-refractivity contribution in [2.75, 3.05) is 0 Å². The molecule has 8 rings (SSSR count). The van der Waals surface area contributed by atoms with Crippen molar-refractivity contribution in [1.82, 2.24) is 4.98 Å². The fourth-order valence-electron chi connectivity index (χ4n) is 5.46. The molecule has 0 unspecified atom stereocenters. The van der Waals surface area contributed by atoms with Crippen LogP contribution in [0.3, 0.4) is 0 Å². The monoisotopic (exact) mass is 435 g/mol. The molecule has 0 amide bonds. The van der Waals surface area contributed by atoms with E-state index in [1.807, 2.05) is 30.5 Å². The van der Waals surface area contributed by atoms with Gasteiger partial charge in [-0.1, -0.05) is 78.9 Å². The van der Waals surface area contributed by atoms with Crippen molar-refractivity contribution in [3.05, 3.63) is 103 Å². The van der Waals surface area contributed by atoms with Crippen LogP contribution in [0.4, 0.5) is 0 Å². The van der Waals surface area contributed by atoms with Gasteiger partial charge in [0.2, 0.25) is 0 Å². The molecule has 0 aliphatic heterocycles. The van der Waals surface area contributed by atoms with Crippen LogP contribution in [0, 0.1) is 0 Å². The van der Waals surface area contributed by atoms with E-state index in [4.69, 9.17) is 13.8 Å². The lowest BCUT2D eigenvalue weighted by molar-refractivity contribution is 0.665. The number of nitrogens with zero attached hydrogens (tertiary/aromatic N) is 1. The molecule has 0 bridgehead atoms. The summed E-state index contributed by atoms with van der Waals surface area (Å²) in [5, 5.41) is 9.13. The summed E-state index contributed by atoms with van der Waals surface area (Å²) in [7, 11) is 0. The highest BCUT2D eigenvalue weighted by Crippen LogP contribution is 2.44. The van der Waals surface area contributed by atoms with Gasteiger partial charge in [-0.2, -0.15) is 0 Å². The Hall–Kier alpha value is -4.63. The van der Waals surface area contributed by atoms with E-state index in [2.05, 4.69) is 72.8 Å². The fraction of sp³-hybridized carbons (Fsp3) is 0. The Balaban J connectivity index is 1.56. The van der Waals surface area contributed by atoms with Gasteiger partial charge in [-0.15, -0.1) is 0 Å². The first-order chi connectivity index (χ1) is 16.9. The van der Waals surface area contributed by atoms with E-state index in [-0.39, 0.29) is 0 Å². The average Bonchev–Trinajstić information content (AvgIpc) is 3.48. The zero-order valence-electron chi connectivity index (χ0n) is 18.1. The first kappa shape index (κ1) is 17.9. The summed E-state index contributed by atoms with van der Waals surface area (Å²) in [4.78, 5) is 4.76. The number of rotatable bonds is 1. The van der Waals surface area contributed by atoms with Gasteiger partial charge < -0.3 is 8.83 Å².